The van der Waals surface area contributed by atoms with Gasteiger partial charge in [-0.15, -0.1) is 0 Å². The fourth-order valence-electron chi connectivity index (χ4n) is 2.16. The quantitative estimate of drug-likeness (QED) is 0.932. The van der Waals surface area contributed by atoms with Crippen LogP contribution >= 0.6 is 0 Å². The first-order chi connectivity index (χ1) is 9.71. The number of phenols is 1. The molecule has 0 spiro atoms. The van der Waals surface area contributed by atoms with Crippen LogP contribution < -0.4 is 18.9 Å². The predicted octanol–water partition coefficient (Wildman–Crippen LogP) is 2.81. The molecule has 0 bridgehead atoms. The molecule has 0 saturated heterocycles. The summed E-state index contributed by atoms with van der Waals surface area (Å²) in [4.78, 5) is 0. The Bertz CT molecular complexity index is 651. The first kappa shape index (κ1) is 12.5. The standard InChI is InChI=1S/C15H14O5/c1-17-12-4-9(3-11(16)7-12)10-5-13(18-2)15-14(6-10)19-8-20-15/h3-7,16H,8H2,1-2H3. The summed E-state index contributed by atoms with van der Waals surface area (Å²) in [6, 6.07) is 8.71. The number of aromatic hydroxyl groups is 1. The number of phenolic OH excluding ortho intramolecular Hbond substituents is 1. The van der Waals surface area contributed by atoms with E-state index >= 15 is 0 Å². The monoisotopic (exact) mass is 274 g/mol. The number of rotatable bonds is 3. The molecule has 5 heteroatoms. The van der Waals surface area contributed by atoms with Crippen LogP contribution in [0.5, 0.6) is 28.7 Å². The smallest absolute Gasteiger partial charge is 0.231 e. The van der Waals surface area contributed by atoms with Gasteiger partial charge in [0.05, 0.1) is 14.2 Å². The highest BCUT2D eigenvalue weighted by atomic mass is 16.7. The molecule has 0 amide bonds. The van der Waals surface area contributed by atoms with Crippen molar-refractivity contribution < 1.29 is 24.1 Å². The third kappa shape index (κ3) is 2.07. The van der Waals surface area contributed by atoms with Crippen molar-refractivity contribution in [1.29, 1.82) is 0 Å². The number of methoxy groups -OCH3 is 2. The lowest BCUT2D eigenvalue weighted by molar-refractivity contribution is 0.171. The maximum absolute atomic E-state index is 9.74. The molecule has 0 fully saturated rings. The van der Waals surface area contributed by atoms with Crippen molar-refractivity contribution in [3.05, 3.63) is 30.3 Å². The van der Waals surface area contributed by atoms with E-state index in [1.54, 1.807) is 26.4 Å². The molecular formula is C15H14O5. The lowest BCUT2D eigenvalue weighted by Crippen LogP contribution is -1.93. The van der Waals surface area contributed by atoms with Crippen LogP contribution in [0.25, 0.3) is 11.1 Å². The molecule has 0 unspecified atom stereocenters. The zero-order valence-electron chi connectivity index (χ0n) is 11.2. The topological polar surface area (TPSA) is 57.2 Å². The molecular weight excluding hydrogens is 260 g/mol. The number of benzene rings is 2. The van der Waals surface area contributed by atoms with Gasteiger partial charge in [-0.1, -0.05) is 0 Å². The molecule has 1 aliphatic heterocycles. The summed E-state index contributed by atoms with van der Waals surface area (Å²) in [6.07, 6.45) is 0. The van der Waals surface area contributed by atoms with E-state index in [-0.39, 0.29) is 12.5 Å². The van der Waals surface area contributed by atoms with Gasteiger partial charge in [0.25, 0.3) is 0 Å². The molecule has 1 heterocycles. The van der Waals surface area contributed by atoms with Gasteiger partial charge in [0.2, 0.25) is 12.5 Å². The van der Waals surface area contributed by atoms with Gasteiger partial charge in [0, 0.05) is 6.07 Å². The van der Waals surface area contributed by atoms with E-state index in [0.29, 0.717) is 23.0 Å². The van der Waals surface area contributed by atoms with E-state index in [1.165, 1.54) is 0 Å². The van der Waals surface area contributed by atoms with Crippen molar-refractivity contribution >= 4 is 0 Å². The molecule has 1 N–H and O–H groups in total. The second-order valence-electron chi connectivity index (χ2n) is 4.33. The third-order valence-corrected chi connectivity index (χ3v) is 3.12. The zero-order valence-corrected chi connectivity index (χ0v) is 11.2. The Hall–Kier alpha value is -2.56. The summed E-state index contributed by atoms with van der Waals surface area (Å²) in [6.45, 7) is 0.179. The highest BCUT2D eigenvalue weighted by Crippen LogP contribution is 2.44. The van der Waals surface area contributed by atoms with Crippen molar-refractivity contribution in [3.8, 4) is 39.9 Å². The largest absolute Gasteiger partial charge is 0.508 e. The molecule has 0 saturated carbocycles. The predicted molar refractivity (Wildman–Crippen MR) is 72.8 cm³/mol. The minimum absolute atomic E-state index is 0.135. The lowest BCUT2D eigenvalue weighted by atomic mass is 10.0. The summed E-state index contributed by atoms with van der Waals surface area (Å²) >= 11 is 0. The van der Waals surface area contributed by atoms with E-state index < -0.39 is 0 Å². The van der Waals surface area contributed by atoms with Gasteiger partial charge in [0.15, 0.2) is 11.5 Å². The second kappa shape index (κ2) is 4.85. The summed E-state index contributed by atoms with van der Waals surface area (Å²) < 4.78 is 21.2. The van der Waals surface area contributed by atoms with Crippen molar-refractivity contribution in [1.82, 2.24) is 0 Å². The van der Waals surface area contributed by atoms with Crippen LogP contribution in [0.15, 0.2) is 30.3 Å². The van der Waals surface area contributed by atoms with Crippen LogP contribution in [0.3, 0.4) is 0 Å². The first-order valence-corrected chi connectivity index (χ1v) is 6.07. The van der Waals surface area contributed by atoms with Gasteiger partial charge in [-0.05, 0) is 35.4 Å². The van der Waals surface area contributed by atoms with E-state index in [0.717, 1.165) is 11.1 Å². The van der Waals surface area contributed by atoms with Crippen LogP contribution in [0.1, 0.15) is 0 Å². The molecule has 3 rings (SSSR count). The van der Waals surface area contributed by atoms with Crippen LogP contribution in [-0.2, 0) is 0 Å². The molecule has 104 valence electrons. The average Bonchev–Trinajstić information content (AvgIpc) is 2.93. The Labute approximate surface area is 116 Å². The highest BCUT2D eigenvalue weighted by molar-refractivity contribution is 5.73. The molecule has 2 aromatic rings. The van der Waals surface area contributed by atoms with E-state index in [1.807, 2.05) is 18.2 Å². The SMILES string of the molecule is COc1cc(O)cc(-c2cc(OC)c3c(c2)OCO3)c1. The van der Waals surface area contributed by atoms with Gasteiger partial charge in [-0.3, -0.25) is 0 Å². The van der Waals surface area contributed by atoms with Gasteiger partial charge >= 0.3 is 0 Å². The molecule has 2 aromatic carbocycles. The number of ether oxygens (including phenoxy) is 4. The number of fused-ring (bicyclic) bond motifs is 1. The van der Waals surface area contributed by atoms with Crippen LogP contribution in [0.2, 0.25) is 0 Å². The maximum atomic E-state index is 9.74. The normalized spacial score (nSPS) is 12.3. The van der Waals surface area contributed by atoms with Gasteiger partial charge in [0.1, 0.15) is 11.5 Å². The summed E-state index contributed by atoms with van der Waals surface area (Å²) in [5.74, 6) is 2.54. The van der Waals surface area contributed by atoms with Crippen molar-refractivity contribution in [2.45, 2.75) is 0 Å². The van der Waals surface area contributed by atoms with Crippen molar-refractivity contribution in [3.63, 3.8) is 0 Å². The minimum atomic E-state index is 0.135. The second-order valence-corrected chi connectivity index (χ2v) is 4.33. The Morgan fingerprint density at radius 3 is 2.50 bits per heavy atom. The van der Waals surface area contributed by atoms with Crippen LogP contribution in [0.4, 0.5) is 0 Å². The molecule has 0 aromatic heterocycles. The lowest BCUT2D eigenvalue weighted by Gasteiger charge is -2.10. The fraction of sp³-hybridized carbons (Fsp3) is 0.200. The van der Waals surface area contributed by atoms with Gasteiger partial charge in [-0.2, -0.15) is 0 Å². The fourth-order valence-corrected chi connectivity index (χ4v) is 2.16. The molecule has 20 heavy (non-hydrogen) atoms. The summed E-state index contributed by atoms with van der Waals surface area (Å²) in [5, 5.41) is 9.74. The molecule has 0 atom stereocenters. The van der Waals surface area contributed by atoms with Crippen LogP contribution in [0, 0.1) is 0 Å². The van der Waals surface area contributed by atoms with E-state index in [9.17, 15) is 5.11 Å². The number of hydrogen-bond donors (Lipinski definition) is 1. The Morgan fingerprint density at radius 1 is 0.950 bits per heavy atom. The van der Waals surface area contributed by atoms with Crippen molar-refractivity contribution in [2.24, 2.45) is 0 Å². The first-order valence-electron chi connectivity index (χ1n) is 6.07. The molecule has 0 aliphatic carbocycles. The maximum Gasteiger partial charge on any atom is 0.231 e. The van der Waals surface area contributed by atoms with Crippen LogP contribution in [-0.4, -0.2) is 26.1 Å². The minimum Gasteiger partial charge on any atom is -0.508 e. The molecule has 5 nitrogen and oxygen atoms in total. The van der Waals surface area contributed by atoms with E-state index in [2.05, 4.69) is 0 Å². The summed E-state index contributed by atoms with van der Waals surface area (Å²) in [7, 11) is 3.13. The molecule has 1 aliphatic rings. The van der Waals surface area contributed by atoms with Crippen molar-refractivity contribution in [2.75, 3.05) is 21.0 Å². The van der Waals surface area contributed by atoms with Gasteiger partial charge < -0.3 is 24.1 Å². The third-order valence-electron chi connectivity index (χ3n) is 3.12. The van der Waals surface area contributed by atoms with E-state index in [4.69, 9.17) is 18.9 Å². The Balaban J connectivity index is 2.13. The Morgan fingerprint density at radius 2 is 1.75 bits per heavy atom. The number of hydrogen-bond acceptors (Lipinski definition) is 5. The van der Waals surface area contributed by atoms with Gasteiger partial charge in [-0.25, -0.2) is 0 Å². The highest BCUT2D eigenvalue weighted by Gasteiger charge is 2.20. The summed E-state index contributed by atoms with van der Waals surface area (Å²) in [5.41, 5.74) is 1.65. The molecule has 0 radical (unpaired) electrons. The average molecular weight is 274 g/mol. The zero-order chi connectivity index (χ0) is 14.1. The Kier molecular flexibility index (Phi) is 3.02.